The summed E-state index contributed by atoms with van der Waals surface area (Å²) in [5.74, 6) is -1.21. The minimum absolute atomic E-state index is 0.189. The van der Waals surface area contributed by atoms with Crippen LogP contribution in [0.25, 0.3) is 0 Å². The summed E-state index contributed by atoms with van der Waals surface area (Å²) in [6, 6.07) is 0. The molecule has 2 unspecified atom stereocenters. The summed E-state index contributed by atoms with van der Waals surface area (Å²) >= 11 is 0. The zero-order valence-corrected chi connectivity index (χ0v) is 10.9. The third kappa shape index (κ3) is 6.35. The minimum atomic E-state index is -0.981. The predicted molar refractivity (Wildman–Crippen MR) is 66.5 cm³/mol. The summed E-state index contributed by atoms with van der Waals surface area (Å²) in [5, 5.41) is 7.60. The molecule has 2 aliphatic heterocycles. The van der Waals surface area contributed by atoms with Crippen molar-refractivity contribution in [3.8, 4) is 0 Å². The molecule has 0 aromatic carbocycles. The van der Waals surface area contributed by atoms with E-state index < -0.39 is 12.1 Å². The maximum Gasteiger partial charge on any atom is 0.335 e. The quantitative estimate of drug-likeness (QED) is 0.619. The van der Waals surface area contributed by atoms with Crippen molar-refractivity contribution in [1.82, 2.24) is 0 Å². The number of carbonyl (C=O) groups is 2. The second kappa shape index (κ2) is 8.66. The van der Waals surface area contributed by atoms with Crippen molar-refractivity contribution in [2.24, 2.45) is 0 Å². The molecule has 6 nitrogen and oxygen atoms in total. The molecule has 19 heavy (non-hydrogen) atoms. The highest BCUT2D eigenvalue weighted by atomic mass is 16.7. The molecule has 0 aliphatic carbocycles. The van der Waals surface area contributed by atoms with Gasteiger partial charge < -0.3 is 19.3 Å². The Morgan fingerprint density at radius 3 is 2.63 bits per heavy atom. The largest absolute Gasteiger partial charge is 0.478 e. The molecule has 0 saturated carbocycles. The van der Waals surface area contributed by atoms with E-state index in [1.165, 1.54) is 0 Å². The number of cyclic esters (lactones) is 1. The highest BCUT2D eigenvalue weighted by molar-refractivity contribution is 5.78. The molecule has 0 radical (unpaired) electrons. The Balaban J connectivity index is 0.000000312. The normalized spacial score (nSPS) is 26.6. The smallest absolute Gasteiger partial charge is 0.335 e. The number of hydrogen-bond donors (Lipinski definition) is 1. The summed E-state index contributed by atoms with van der Waals surface area (Å²) < 4.78 is 15.9. The van der Waals surface area contributed by atoms with Gasteiger partial charge in [-0.1, -0.05) is 6.58 Å². The van der Waals surface area contributed by atoms with E-state index in [0.717, 1.165) is 44.8 Å². The topological polar surface area (TPSA) is 82.1 Å². The van der Waals surface area contributed by atoms with E-state index >= 15 is 0 Å². The lowest BCUT2D eigenvalue weighted by Crippen LogP contribution is -2.29. The fraction of sp³-hybridized carbons (Fsp3) is 0.692. The molecule has 2 heterocycles. The molecule has 0 aromatic heterocycles. The summed E-state index contributed by atoms with van der Waals surface area (Å²) in [6.45, 7) is 4.24. The third-order valence-electron chi connectivity index (χ3n) is 2.75. The lowest BCUT2D eigenvalue weighted by atomic mass is 10.2. The van der Waals surface area contributed by atoms with Crippen LogP contribution in [-0.2, 0) is 23.8 Å². The van der Waals surface area contributed by atoms with Gasteiger partial charge in [-0.3, -0.25) is 0 Å². The van der Waals surface area contributed by atoms with Crippen LogP contribution in [0, 0.1) is 0 Å². The van der Waals surface area contributed by atoms with E-state index in [0.29, 0.717) is 6.61 Å². The van der Waals surface area contributed by atoms with Gasteiger partial charge in [-0.05, 0) is 25.7 Å². The second-order valence-electron chi connectivity index (χ2n) is 4.27. The van der Waals surface area contributed by atoms with E-state index in [-0.39, 0.29) is 12.3 Å². The Labute approximate surface area is 112 Å². The van der Waals surface area contributed by atoms with Gasteiger partial charge in [0.05, 0.1) is 6.61 Å². The van der Waals surface area contributed by atoms with Crippen molar-refractivity contribution in [2.45, 2.75) is 44.5 Å². The maximum atomic E-state index is 11.4. The van der Waals surface area contributed by atoms with Gasteiger partial charge in [-0.15, -0.1) is 0 Å². The summed E-state index contributed by atoms with van der Waals surface area (Å²) in [5.41, 5.74) is 0. The fourth-order valence-corrected chi connectivity index (χ4v) is 1.78. The lowest BCUT2D eigenvalue weighted by molar-refractivity contribution is -0.180. The van der Waals surface area contributed by atoms with Crippen molar-refractivity contribution in [1.29, 1.82) is 0 Å². The van der Waals surface area contributed by atoms with Crippen LogP contribution >= 0.6 is 0 Å². The number of hydrogen-bond acceptors (Lipinski definition) is 5. The Kier molecular flexibility index (Phi) is 7.14. The molecule has 2 saturated heterocycles. The van der Waals surface area contributed by atoms with Crippen molar-refractivity contribution >= 4 is 11.9 Å². The molecule has 108 valence electrons. The highest BCUT2D eigenvalue weighted by Crippen LogP contribution is 2.19. The number of ether oxygens (including phenoxy) is 3. The number of rotatable bonds is 3. The van der Waals surface area contributed by atoms with E-state index in [2.05, 4.69) is 6.58 Å². The molecule has 0 bridgehead atoms. The lowest BCUT2D eigenvalue weighted by Gasteiger charge is -2.17. The Hall–Kier alpha value is -1.40. The third-order valence-corrected chi connectivity index (χ3v) is 2.75. The van der Waals surface area contributed by atoms with Gasteiger partial charge in [-0.2, -0.15) is 0 Å². The van der Waals surface area contributed by atoms with Crippen molar-refractivity contribution in [3.05, 3.63) is 12.7 Å². The van der Waals surface area contributed by atoms with Crippen LogP contribution in [0.4, 0.5) is 0 Å². The van der Waals surface area contributed by atoms with Crippen molar-refractivity contribution in [3.63, 3.8) is 0 Å². The van der Waals surface area contributed by atoms with Gasteiger partial charge in [0.15, 0.2) is 12.4 Å². The summed E-state index contributed by atoms with van der Waals surface area (Å²) in [7, 11) is 0. The van der Waals surface area contributed by atoms with Crippen molar-refractivity contribution in [2.75, 3.05) is 13.2 Å². The zero-order chi connectivity index (χ0) is 14.1. The average Bonchev–Trinajstić information content (AvgIpc) is 2.82. The fourth-order valence-electron chi connectivity index (χ4n) is 1.78. The molecule has 2 fully saturated rings. The number of carboxylic acid groups (broad SMARTS) is 1. The molecule has 2 aliphatic rings. The molecule has 0 aromatic rings. The van der Waals surface area contributed by atoms with Crippen molar-refractivity contribution < 1.29 is 28.9 Å². The molecule has 2 atom stereocenters. The molecular formula is C13H20O6. The van der Waals surface area contributed by atoms with Crippen LogP contribution in [0.1, 0.15) is 32.1 Å². The van der Waals surface area contributed by atoms with Crippen LogP contribution in [0.15, 0.2) is 12.7 Å². The van der Waals surface area contributed by atoms with Gasteiger partial charge in [0.1, 0.15) is 0 Å². The van der Waals surface area contributed by atoms with Gasteiger partial charge in [-0.25, -0.2) is 9.59 Å². The number of esters is 1. The minimum Gasteiger partial charge on any atom is -0.478 e. The molecule has 0 amide bonds. The first kappa shape index (κ1) is 15.7. The maximum absolute atomic E-state index is 11.4. The molecular weight excluding hydrogens is 252 g/mol. The molecule has 2 rings (SSSR count). The Morgan fingerprint density at radius 2 is 2.05 bits per heavy atom. The monoisotopic (exact) mass is 272 g/mol. The van der Waals surface area contributed by atoms with Gasteiger partial charge in [0.2, 0.25) is 0 Å². The van der Waals surface area contributed by atoms with Gasteiger partial charge in [0.25, 0.3) is 0 Å². The van der Waals surface area contributed by atoms with Crippen LogP contribution in [0.3, 0.4) is 0 Å². The number of carbonyl (C=O) groups excluding carboxylic acids is 1. The van der Waals surface area contributed by atoms with E-state index in [9.17, 15) is 9.59 Å². The van der Waals surface area contributed by atoms with E-state index in [4.69, 9.17) is 19.3 Å². The summed E-state index contributed by atoms with van der Waals surface area (Å²) in [6.07, 6.45) is 4.85. The van der Waals surface area contributed by atoms with E-state index in [1.807, 2.05) is 0 Å². The molecule has 6 heteroatoms. The first-order valence-electron chi connectivity index (χ1n) is 6.42. The number of aliphatic carboxylic acids is 1. The first-order valence-corrected chi connectivity index (χ1v) is 6.42. The molecule has 0 spiro atoms. The predicted octanol–water partition coefficient (Wildman–Crippen LogP) is 1.49. The summed E-state index contributed by atoms with van der Waals surface area (Å²) in [4.78, 5) is 20.6. The van der Waals surface area contributed by atoms with E-state index in [1.54, 1.807) is 0 Å². The van der Waals surface area contributed by atoms with Crippen LogP contribution < -0.4 is 0 Å². The van der Waals surface area contributed by atoms with Crippen LogP contribution in [0.2, 0.25) is 0 Å². The Bertz CT molecular complexity index is 308. The molecule has 1 N–H and O–H groups in total. The first-order chi connectivity index (χ1) is 9.13. The van der Waals surface area contributed by atoms with Crippen LogP contribution in [-0.4, -0.2) is 42.7 Å². The Morgan fingerprint density at radius 1 is 1.32 bits per heavy atom. The van der Waals surface area contributed by atoms with Gasteiger partial charge >= 0.3 is 11.9 Å². The second-order valence-corrected chi connectivity index (χ2v) is 4.27. The highest BCUT2D eigenvalue weighted by Gasteiger charge is 2.28. The zero-order valence-electron chi connectivity index (χ0n) is 10.9. The van der Waals surface area contributed by atoms with Gasteiger partial charge in [0, 0.05) is 19.1 Å². The number of carboxylic acids is 1. The SMILES string of the molecule is C=CC(=O)O.O=C1OCCCCC1OC1CCCO1. The average molecular weight is 272 g/mol. The van der Waals surface area contributed by atoms with Crippen LogP contribution in [0.5, 0.6) is 0 Å². The standard InChI is InChI=1S/C10H16O4.C3H4O2/c11-10-8(4-1-2-6-13-10)14-9-5-3-7-12-9;1-2-3(4)5/h8-9H,1-7H2;2H,1H2,(H,4,5).